The van der Waals surface area contributed by atoms with E-state index in [1.165, 1.54) is 0 Å². The quantitative estimate of drug-likeness (QED) is 0.844. The Morgan fingerprint density at radius 3 is 2.72 bits per heavy atom. The molecular weight excluding hydrogens is 244 g/mol. The number of hydrogen-bond acceptors (Lipinski definition) is 3. The predicted octanol–water partition coefficient (Wildman–Crippen LogP) is 2.95. The summed E-state index contributed by atoms with van der Waals surface area (Å²) in [6.45, 7) is 0.682. The van der Waals surface area contributed by atoms with Crippen LogP contribution in [0.15, 0.2) is 41.4 Å². The highest BCUT2D eigenvalue weighted by Crippen LogP contribution is 2.30. The van der Waals surface area contributed by atoms with Crippen molar-refractivity contribution in [3.05, 3.63) is 52.5 Å². The van der Waals surface area contributed by atoms with Gasteiger partial charge in [0.25, 0.3) is 5.91 Å². The Kier molecular flexibility index (Phi) is 3.11. The van der Waals surface area contributed by atoms with Crippen molar-refractivity contribution in [2.24, 2.45) is 0 Å². The van der Waals surface area contributed by atoms with Crippen LogP contribution in [0.2, 0.25) is 0 Å². The lowest BCUT2D eigenvalue weighted by molar-refractivity contribution is 0.0730. The minimum absolute atomic E-state index is 0.149. The third-order valence-corrected chi connectivity index (χ3v) is 3.80. The maximum atomic E-state index is 12.4. The summed E-state index contributed by atoms with van der Waals surface area (Å²) in [7, 11) is 0. The van der Waals surface area contributed by atoms with E-state index in [4.69, 9.17) is 0 Å². The Balaban J connectivity index is 1.79. The van der Waals surface area contributed by atoms with E-state index < -0.39 is 0 Å². The number of hydrogen-bond donors (Lipinski definition) is 0. The van der Waals surface area contributed by atoms with Crippen LogP contribution in [0.4, 0.5) is 0 Å². The van der Waals surface area contributed by atoms with Crippen molar-refractivity contribution < 1.29 is 4.79 Å². The standard InChI is InChI=1S/C14H14N2OS/c17-14(12-5-8-18-10-12)16(13-1-2-13)9-11-3-6-15-7-4-11/h3-8,10,13H,1-2,9H2. The molecule has 1 aliphatic carbocycles. The van der Waals surface area contributed by atoms with Gasteiger partial charge < -0.3 is 4.90 Å². The van der Waals surface area contributed by atoms with Crippen LogP contribution >= 0.6 is 11.3 Å². The average molecular weight is 258 g/mol. The van der Waals surface area contributed by atoms with Crippen molar-refractivity contribution in [1.82, 2.24) is 9.88 Å². The lowest BCUT2D eigenvalue weighted by Crippen LogP contribution is -2.32. The Morgan fingerprint density at radius 2 is 2.11 bits per heavy atom. The minimum atomic E-state index is 0.149. The van der Waals surface area contributed by atoms with Crippen molar-refractivity contribution in [2.45, 2.75) is 25.4 Å². The predicted molar refractivity (Wildman–Crippen MR) is 71.5 cm³/mol. The number of rotatable bonds is 4. The molecule has 1 fully saturated rings. The van der Waals surface area contributed by atoms with Crippen molar-refractivity contribution >= 4 is 17.2 Å². The van der Waals surface area contributed by atoms with Crippen LogP contribution in [-0.2, 0) is 6.54 Å². The molecule has 0 bridgehead atoms. The van der Waals surface area contributed by atoms with Crippen LogP contribution in [0.1, 0.15) is 28.8 Å². The van der Waals surface area contributed by atoms with Crippen molar-refractivity contribution in [3.63, 3.8) is 0 Å². The summed E-state index contributed by atoms with van der Waals surface area (Å²) in [4.78, 5) is 18.4. The number of nitrogens with zero attached hydrogens (tertiary/aromatic N) is 2. The smallest absolute Gasteiger partial charge is 0.255 e. The number of aromatic nitrogens is 1. The highest BCUT2D eigenvalue weighted by Gasteiger charge is 2.33. The minimum Gasteiger partial charge on any atom is -0.331 e. The van der Waals surface area contributed by atoms with Crippen LogP contribution in [0.5, 0.6) is 0 Å². The lowest BCUT2D eigenvalue weighted by Gasteiger charge is -2.22. The topological polar surface area (TPSA) is 33.2 Å². The van der Waals surface area contributed by atoms with Gasteiger partial charge in [-0.2, -0.15) is 11.3 Å². The summed E-state index contributed by atoms with van der Waals surface area (Å²) in [6, 6.07) is 6.26. The fourth-order valence-corrected chi connectivity index (χ4v) is 2.62. The van der Waals surface area contributed by atoms with Gasteiger partial charge in [-0.1, -0.05) is 0 Å². The molecule has 92 valence electrons. The zero-order chi connectivity index (χ0) is 12.4. The first kappa shape index (κ1) is 11.4. The second-order valence-electron chi connectivity index (χ2n) is 4.53. The summed E-state index contributed by atoms with van der Waals surface area (Å²) in [5.74, 6) is 0.149. The number of carbonyl (C=O) groups is 1. The first-order valence-electron chi connectivity index (χ1n) is 6.06. The summed E-state index contributed by atoms with van der Waals surface area (Å²) in [5.41, 5.74) is 1.95. The van der Waals surface area contributed by atoms with E-state index in [9.17, 15) is 4.79 Å². The molecule has 4 heteroatoms. The van der Waals surface area contributed by atoms with Gasteiger partial charge in [-0.25, -0.2) is 0 Å². The SMILES string of the molecule is O=C(c1ccsc1)N(Cc1ccncc1)C1CC1. The van der Waals surface area contributed by atoms with Gasteiger partial charge in [-0.15, -0.1) is 0 Å². The van der Waals surface area contributed by atoms with E-state index in [-0.39, 0.29) is 5.91 Å². The molecule has 0 spiro atoms. The zero-order valence-electron chi connectivity index (χ0n) is 9.95. The van der Waals surface area contributed by atoms with Crippen LogP contribution < -0.4 is 0 Å². The number of thiophene rings is 1. The van der Waals surface area contributed by atoms with E-state index >= 15 is 0 Å². The van der Waals surface area contributed by atoms with E-state index in [1.807, 2.05) is 33.9 Å². The Bertz CT molecular complexity index is 520. The molecule has 1 amide bonds. The average Bonchev–Trinajstić information content (AvgIpc) is 3.10. The maximum Gasteiger partial charge on any atom is 0.255 e. The zero-order valence-corrected chi connectivity index (χ0v) is 10.8. The van der Waals surface area contributed by atoms with Crippen molar-refractivity contribution in [2.75, 3.05) is 0 Å². The molecule has 1 saturated carbocycles. The molecule has 2 heterocycles. The fraction of sp³-hybridized carbons (Fsp3) is 0.286. The van der Waals surface area contributed by atoms with Crippen LogP contribution in [-0.4, -0.2) is 21.8 Å². The molecule has 2 aromatic heterocycles. The molecule has 3 rings (SSSR count). The van der Waals surface area contributed by atoms with Gasteiger partial charge in [0.15, 0.2) is 0 Å². The van der Waals surface area contributed by atoms with E-state index in [0.29, 0.717) is 12.6 Å². The number of amides is 1. The summed E-state index contributed by atoms with van der Waals surface area (Å²) >= 11 is 1.57. The fourth-order valence-electron chi connectivity index (χ4n) is 1.99. The second kappa shape index (κ2) is 4.90. The Labute approximate surface area is 110 Å². The number of pyridine rings is 1. The lowest BCUT2D eigenvalue weighted by atomic mass is 10.2. The molecule has 0 aromatic carbocycles. The molecule has 0 N–H and O–H groups in total. The molecule has 0 unspecified atom stereocenters. The molecule has 0 saturated heterocycles. The van der Waals surface area contributed by atoms with E-state index in [2.05, 4.69) is 4.98 Å². The highest BCUT2D eigenvalue weighted by atomic mass is 32.1. The molecule has 3 nitrogen and oxygen atoms in total. The van der Waals surface area contributed by atoms with Gasteiger partial charge in [0.05, 0.1) is 5.56 Å². The monoisotopic (exact) mass is 258 g/mol. The van der Waals surface area contributed by atoms with Gasteiger partial charge in [0, 0.05) is 30.4 Å². The van der Waals surface area contributed by atoms with Crippen LogP contribution in [0.25, 0.3) is 0 Å². The molecule has 0 atom stereocenters. The van der Waals surface area contributed by atoms with Crippen molar-refractivity contribution in [3.8, 4) is 0 Å². The Hall–Kier alpha value is -1.68. The van der Waals surface area contributed by atoms with Crippen LogP contribution in [0, 0.1) is 0 Å². The van der Waals surface area contributed by atoms with Gasteiger partial charge in [-0.3, -0.25) is 9.78 Å². The maximum absolute atomic E-state index is 12.4. The normalized spacial score (nSPS) is 14.4. The van der Waals surface area contributed by atoms with Gasteiger partial charge >= 0.3 is 0 Å². The van der Waals surface area contributed by atoms with Crippen LogP contribution in [0.3, 0.4) is 0 Å². The van der Waals surface area contributed by atoms with E-state index in [1.54, 1.807) is 23.7 Å². The first-order chi connectivity index (χ1) is 8.84. The van der Waals surface area contributed by atoms with Crippen molar-refractivity contribution in [1.29, 1.82) is 0 Å². The molecule has 18 heavy (non-hydrogen) atoms. The third-order valence-electron chi connectivity index (χ3n) is 3.12. The molecule has 1 aliphatic rings. The summed E-state index contributed by atoms with van der Waals surface area (Å²) in [6.07, 6.45) is 5.80. The summed E-state index contributed by atoms with van der Waals surface area (Å²) < 4.78 is 0. The summed E-state index contributed by atoms with van der Waals surface area (Å²) in [5, 5.41) is 3.87. The highest BCUT2D eigenvalue weighted by molar-refractivity contribution is 7.08. The van der Waals surface area contributed by atoms with E-state index in [0.717, 1.165) is 24.0 Å². The number of carbonyl (C=O) groups excluding carboxylic acids is 1. The van der Waals surface area contributed by atoms with Gasteiger partial charge in [-0.05, 0) is 42.0 Å². The van der Waals surface area contributed by atoms with Gasteiger partial charge in [0.1, 0.15) is 0 Å². The first-order valence-corrected chi connectivity index (χ1v) is 7.01. The second-order valence-corrected chi connectivity index (χ2v) is 5.31. The molecule has 0 aliphatic heterocycles. The Morgan fingerprint density at radius 1 is 1.33 bits per heavy atom. The molecule has 0 radical (unpaired) electrons. The third kappa shape index (κ3) is 2.43. The molecule has 2 aromatic rings. The molecular formula is C14H14N2OS. The van der Waals surface area contributed by atoms with Gasteiger partial charge in [0.2, 0.25) is 0 Å². The largest absolute Gasteiger partial charge is 0.331 e.